The molecule has 0 spiro atoms. The Kier molecular flexibility index (Phi) is 6.76. The van der Waals surface area contributed by atoms with E-state index in [9.17, 15) is 8.42 Å². The zero-order chi connectivity index (χ0) is 23.3. The maximum absolute atomic E-state index is 13.5. The van der Waals surface area contributed by atoms with Crippen LogP contribution in [0.15, 0.2) is 94.3 Å². The van der Waals surface area contributed by atoms with Crippen molar-refractivity contribution in [3.63, 3.8) is 0 Å². The Hall–Kier alpha value is -3.62. The van der Waals surface area contributed by atoms with Crippen molar-refractivity contribution in [1.29, 1.82) is 0 Å². The molecule has 0 saturated heterocycles. The number of hydrogen-bond donors (Lipinski definition) is 0. The van der Waals surface area contributed by atoms with Gasteiger partial charge in [-0.05, 0) is 42.0 Å². The number of nitrogens with zero attached hydrogens (tertiary/aromatic N) is 2. The Morgan fingerprint density at radius 1 is 0.848 bits per heavy atom. The molecule has 0 unspecified atom stereocenters. The first kappa shape index (κ1) is 22.6. The smallest absolute Gasteiger partial charge is 0.243 e. The number of ether oxygens (including phenoxy) is 2. The van der Waals surface area contributed by atoms with E-state index in [1.54, 1.807) is 25.3 Å². The summed E-state index contributed by atoms with van der Waals surface area (Å²) in [5.41, 5.74) is 2.20. The molecule has 0 amide bonds. The Balaban J connectivity index is 1.66. The molecular formula is C25H24N2O5S. The minimum absolute atomic E-state index is 0.0193. The van der Waals surface area contributed by atoms with Gasteiger partial charge in [0, 0.05) is 18.2 Å². The molecule has 0 bridgehead atoms. The van der Waals surface area contributed by atoms with Gasteiger partial charge in [-0.2, -0.15) is 4.31 Å². The summed E-state index contributed by atoms with van der Waals surface area (Å²) in [4.78, 5) is 0.170. The van der Waals surface area contributed by atoms with E-state index < -0.39 is 10.0 Å². The molecule has 1 aromatic heterocycles. The van der Waals surface area contributed by atoms with Crippen molar-refractivity contribution < 1.29 is 22.4 Å². The third-order valence-electron chi connectivity index (χ3n) is 5.17. The molecule has 0 saturated carbocycles. The molecule has 7 nitrogen and oxygen atoms in total. The summed E-state index contributed by atoms with van der Waals surface area (Å²) < 4.78 is 44.5. The number of aromatic nitrogens is 1. The van der Waals surface area contributed by atoms with Crippen LogP contribution in [0.2, 0.25) is 0 Å². The van der Waals surface area contributed by atoms with E-state index in [-0.39, 0.29) is 18.0 Å². The van der Waals surface area contributed by atoms with Crippen LogP contribution in [0.5, 0.6) is 11.5 Å². The van der Waals surface area contributed by atoms with Crippen LogP contribution >= 0.6 is 0 Å². The molecule has 1 heterocycles. The summed E-state index contributed by atoms with van der Waals surface area (Å²) in [5.74, 6) is 1.66. The average Bonchev–Trinajstić information content (AvgIpc) is 3.32. The number of methoxy groups -OCH3 is 2. The highest BCUT2D eigenvalue weighted by Crippen LogP contribution is 2.30. The van der Waals surface area contributed by atoms with Gasteiger partial charge in [-0.25, -0.2) is 8.42 Å². The summed E-state index contributed by atoms with van der Waals surface area (Å²) in [6, 6.07) is 24.9. The van der Waals surface area contributed by atoms with Gasteiger partial charge in [0.15, 0.2) is 5.76 Å². The maximum atomic E-state index is 13.5. The van der Waals surface area contributed by atoms with Crippen LogP contribution in [-0.2, 0) is 23.1 Å². The minimum atomic E-state index is -3.83. The number of hydrogen-bond acceptors (Lipinski definition) is 6. The van der Waals surface area contributed by atoms with Gasteiger partial charge in [0.1, 0.15) is 17.2 Å². The topological polar surface area (TPSA) is 81.9 Å². The second-order valence-corrected chi connectivity index (χ2v) is 9.25. The van der Waals surface area contributed by atoms with Gasteiger partial charge in [-0.1, -0.05) is 47.6 Å². The lowest BCUT2D eigenvalue weighted by molar-refractivity contribution is 0.319. The van der Waals surface area contributed by atoms with E-state index >= 15 is 0 Å². The van der Waals surface area contributed by atoms with Crippen molar-refractivity contribution in [1.82, 2.24) is 9.46 Å². The third kappa shape index (κ3) is 5.08. The molecule has 0 N–H and O–H groups in total. The van der Waals surface area contributed by atoms with Crippen LogP contribution in [0.4, 0.5) is 0 Å². The van der Waals surface area contributed by atoms with E-state index in [0.717, 1.165) is 11.1 Å². The average molecular weight is 465 g/mol. The van der Waals surface area contributed by atoms with E-state index in [1.807, 2.05) is 54.6 Å². The number of sulfonamides is 1. The summed E-state index contributed by atoms with van der Waals surface area (Å²) in [6.07, 6.45) is 0. The quantitative estimate of drug-likeness (QED) is 0.356. The summed E-state index contributed by atoms with van der Waals surface area (Å²) >= 11 is 0. The predicted molar refractivity (Wildman–Crippen MR) is 124 cm³/mol. The van der Waals surface area contributed by atoms with Crippen LogP contribution in [0.3, 0.4) is 0 Å². The van der Waals surface area contributed by atoms with Crippen molar-refractivity contribution in [2.45, 2.75) is 18.0 Å². The summed E-state index contributed by atoms with van der Waals surface area (Å²) in [6.45, 7) is 0.200. The maximum Gasteiger partial charge on any atom is 0.243 e. The zero-order valence-corrected chi connectivity index (χ0v) is 19.2. The monoisotopic (exact) mass is 464 g/mol. The fourth-order valence-electron chi connectivity index (χ4n) is 3.45. The zero-order valence-electron chi connectivity index (χ0n) is 18.3. The van der Waals surface area contributed by atoms with Crippen LogP contribution < -0.4 is 9.47 Å². The Labute approximate surface area is 193 Å². The lowest BCUT2D eigenvalue weighted by Crippen LogP contribution is -2.30. The summed E-state index contributed by atoms with van der Waals surface area (Å²) in [5, 5.41) is 4.14. The molecule has 4 rings (SSSR count). The Morgan fingerprint density at radius 3 is 2.24 bits per heavy atom. The third-order valence-corrected chi connectivity index (χ3v) is 6.98. The van der Waals surface area contributed by atoms with Crippen LogP contribution in [0.25, 0.3) is 11.3 Å². The number of rotatable bonds is 9. The lowest BCUT2D eigenvalue weighted by atomic mass is 10.1. The van der Waals surface area contributed by atoms with Crippen LogP contribution in [-0.4, -0.2) is 32.1 Å². The van der Waals surface area contributed by atoms with E-state index in [2.05, 4.69) is 5.16 Å². The fraction of sp³-hybridized carbons (Fsp3) is 0.160. The number of benzene rings is 3. The molecule has 0 radical (unpaired) electrons. The van der Waals surface area contributed by atoms with Gasteiger partial charge in [0.25, 0.3) is 0 Å². The number of para-hydroxylation sites is 1. The van der Waals surface area contributed by atoms with Gasteiger partial charge in [-0.3, -0.25) is 0 Å². The molecule has 3 aromatic carbocycles. The SMILES string of the molecule is COc1ccc(S(=O)(=O)N(Cc2ccccc2)Cc2cc(-c3ccccc3OC)no2)cc1. The predicted octanol–water partition coefficient (Wildman–Crippen LogP) is 4.75. The molecule has 0 aliphatic carbocycles. The van der Waals surface area contributed by atoms with Crippen LogP contribution in [0.1, 0.15) is 11.3 Å². The first-order valence-corrected chi connectivity index (χ1v) is 11.7. The molecular weight excluding hydrogens is 440 g/mol. The van der Waals surface area contributed by atoms with E-state index in [4.69, 9.17) is 14.0 Å². The highest BCUT2D eigenvalue weighted by atomic mass is 32.2. The minimum Gasteiger partial charge on any atom is -0.497 e. The highest BCUT2D eigenvalue weighted by Gasteiger charge is 2.27. The molecule has 0 atom stereocenters. The van der Waals surface area contributed by atoms with E-state index in [0.29, 0.717) is 23.0 Å². The Morgan fingerprint density at radius 2 is 1.55 bits per heavy atom. The van der Waals surface area contributed by atoms with Crippen LogP contribution in [0, 0.1) is 0 Å². The highest BCUT2D eigenvalue weighted by molar-refractivity contribution is 7.89. The second kappa shape index (κ2) is 9.89. The molecule has 0 aliphatic rings. The van der Waals surface area contributed by atoms with Gasteiger partial charge in [0.2, 0.25) is 10.0 Å². The molecule has 8 heteroatoms. The van der Waals surface area contributed by atoms with Gasteiger partial charge >= 0.3 is 0 Å². The van der Waals surface area contributed by atoms with Crippen molar-refractivity contribution >= 4 is 10.0 Å². The largest absolute Gasteiger partial charge is 0.497 e. The molecule has 170 valence electrons. The fourth-order valence-corrected chi connectivity index (χ4v) is 4.85. The second-order valence-electron chi connectivity index (χ2n) is 7.31. The van der Waals surface area contributed by atoms with Crippen molar-refractivity contribution in [3.05, 3.63) is 96.3 Å². The molecule has 0 fully saturated rings. The van der Waals surface area contributed by atoms with Gasteiger partial charge in [-0.15, -0.1) is 0 Å². The van der Waals surface area contributed by atoms with Gasteiger partial charge in [0.05, 0.1) is 25.7 Å². The molecule has 0 aliphatic heterocycles. The Bertz CT molecular complexity index is 1300. The standard InChI is InChI=1S/C25H24N2O5S/c1-30-20-12-14-22(15-13-20)33(28,29)27(17-19-8-4-3-5-9-19)18-21-16-24(26-32-21)23-10-6-7-11-25(23)31-2/h3-16H,17-18H2,1-2H3. The molecule has 33 heavy (non-hydrogen) atoms. The van der Waals surface area contributed by atoms with Crippen molar-refractivity contribution in [3.8, 4) is 22.8 Å². The first-order valence-electron chi connectivity index (χ1n) is 10.3. The normalized spacial score (nSPS) is 11.5. The lowest BCUT2D eigenvalue weighted by Gasteiger charge is -2.21. The summed E-state index contributed by atoms with van der Waals surface area (Å²) in [7, 11) is -0.703. The molecule has 4 aromatic rings. The van der Waals surface area contributed by atoms with Gasteiger partial charge < -0.3 is 14.0 Å². The van der Waals surface area contributed by atoms with E-state index in [1.165, 1.54) is 23.5 Å². The first-order chi connectivity index (χ1) is 16.0. The van der Waals surface area contributed by atoms with Crippen molar-refractivity contribution in [2.24, 2.45) is 0 Å². The van der Waals surface area contributed by atoms with Crippen molar-refractivity contribution in [2.75, 3.05) is 14.2 Å².